The van der Waals surface area contributed by atoms with Crippen LogP contribution >= 0.6 is 0 Å². The van der Waals surface area contributed by atoms with Crippen molar-refractivity contribution >= 4 is 18.1 Å². The Morgan fingerprint density at radius 2 is 2.12 bits per heavy atom. The number of esters is 1. The fourth-order valence-corrected chi connectivity index (χ4v) is 2.30. The van der Waals surface area contributed by atoms with Gasteiger partial charge in [0.2, 0.25) is 5.88 Å². The fourth-order valence-electron chi connectivity index (χ4n) is 2.30. The highest BCUT2D eigenvalue weighted by Crippen LogP contribution is 2.20. The van der Waals surface area contributed by atoms with Crippen LogP contribution in [0.3, 0.4) is 0 Å². The number of aliphatic hydroxyl groups is 1. The third-order valence-electron chi connectivity index (χ3n) is 3.87. The van der Waals surface area contributed by atoms with Crippen LogP contribution in [0.4, 0.5) is 0 Å². The van der Waals surface area contributed by atoms with Crippen LogP contribution in [0.2, 0.25) is 0 Å². The zero-order chi connectivity index (χ0) is 19.1. The first-order chi connectivity index (χ1) is 12.4. The Balaban J connectivity index is 2.24. The molecule has 1 aromatic carbocycles. The van der Waals surface area contributed by atoms with Crippen LogP contribution in [0.1, 0.15) is 34.0 Å². The van der Waals surface area contributed by atoms with Crippen molar-refractivity contribution in [2.45, 2.75) is 20.0 Å². The van der Waals surface area contributed by atoms with E-state index >= 15 is 0 Å². The van der Waals surface area contributed by atoms with Crippen molar-refractivity contribution in [3.63, 3.8) is 0 Å². The molecule has 5 heteroatoms. The first kappa shape index (κ1) is 19.4. The zero-order valence-corrected chi connectivity index (χ0v) is 15.2. The molecular formula is C21H23NO4. The van der Waals surface area contributed by atoms with Gasteiger partial charge in [-0.05, 0) is 42.2 Å². The van der Waals surface area contributed by atoms with Crippen LogP contribution in [0, 0.1) is 6.92 Å². The predicted molar refractivity (Wildman–Crippen MR) is 102 cm³/mol. The Bertz CT molecular complexity index is 827. The van der Waals surface area contributed by atoms with E-state index < -0.39 is 12.1 Å². The highest BCUT2D eigenvalue weighted by molar-refractivity contribution is 5.96. The van der Waals surface area contributed by atoms with Crippen molar-refractivity contribution in [3.05, 3.63) is 70.9 Å². The van der Waals surface area contributed by atoms with Crippen LogP contribution in [0.5, 0.6) is 5.88 Å². The van der Waals surface area contributed by atoms with E-state index in [0.717, 1.165) is 16.7 Å². The summed E-state index contributed by atoms with van der Waals surface area (Å²) < 4.78 is 10.4. The second kappa shape index (κ2) is 8.97. The summed E-state index contributed by atoms with van der Waals surface area (Å²) in [5.41, 5.74) is 3.45. The molecule has 0 radical (unpaired) electrons. The molecule has 0 saturated carbocycles. The Labute approximate surface area is 153 Å². The number of carbonyl (C=O) groups excluding carboxylic acids is 1. The molecule has 0 aliphatic heterocycles. The average Bonchev–Trinajstić information content (AvgIpc) is 2.64. The van der Waals surface area contributed by atoms with Crippen LogP contribution < -0.4 is 4.74 Å². The van der Waals surface area contributed by atoms with E-state index in [1.807, 2.05) is 43.3 Å². The topological polar surface area (TPSA) is 68.7 Å². The normalized spacial score (nSPS) is 12.0. The van der Waals surface area contributed by atoms with Crippen molar-refractivity contribution < 1.29 is 19.4 Å². The molecule has 1 N–H and O–H groups in total. The minimum atomic E-state index is -0.869. The minimum Gasteiger partial charge on any atom is -0.481 e. The lowest BCUT2D eigenvalue weighted by Crippen LogP contribution is -2.20. The molecule has 1 unspecified atom stereocenters. The quantitative estimate of drug-likeness (QED) is 0.608. The van der Waals surface area contributed by atoms with Crippen molar-refractivity contribution in [1.82, 2.24) is 4.98 Å². The van der Waals surface area contributed by atoms with E-state index in [4.69, 9.17) is 9.47 Å². The molecule has 26 heavy (non-hydrogen) atoms. The number of benzene rings is 1. The van der Waals surface area contributed by atoms with Gasteiger partial charge in [-0.25, -0.2) is 9.78 Å². The molecule has 0 saturated heterocycles. The van der Waals surface area contributed by atoms with Gasteiger partial charge in [-0.1, -0.05) is 36.9 Å². The highest BCUT2D eigenvalue weighted by Gasteiger charge is 2.16. The first-order valence-corrected chi connectivity index (χ1v) is 8.20. The van der Waals surface area contributed by atoms with Gasteiger partial charge in [0.05, 0.1) is 12.7 Å². The number of hydrogen-bond acceptors (Lipinski definition) is 5. The van der Waals surface area contributed by atoms with Crippen LogP contribution in [-0.4, -0.2) is 35.9 Å². The molecule has 2 rings (SSSR count). The Kier molecular flexibility index (Phi) is 6.69. The van der Waals surface area contributed by atoms with E-state index in [1.54, 1.807) is 26.3 Å². The van der Waals surface area contributed by atoms with Crippen molar-refractivity contribution in [2.24, 2.45) is 0 Å². The maximum atomic E-state index is 12.5. The van der Waals surface area contributed by atoms with Gasteiger partial charge >= 0.3 is 5.97 Å². The fraction of sp³-hybridized carbons (Fsp3) is 0.238. The smallest absolute Gasteiger partial charge is 0.339 e. The number of rotatable bonds is 7. The average molecular weight is 353 g/mol. The van der Waals surface area contributed by atoms with Gasteiger partial charge in [0.25, 0.3) is 0 Å². The summed E-state index contributed by atoms with van der Waals surface area (Å²) in [5, 5.41) is 9.75. The number of methoxy groups -OCH3 is 1. The van der Waals surface area contributed by atoms with Gasteiger partial charge in [0.15, 0.2) is 0 Å². The van der Waals surface area contributed by atoms with Crippen molar-refractivity contribution in [1.29, 1.82) is 0 Å². The molecule has 0 spiro atoms. The lowest BCUT2D eigenvalue weighted by atomic mass is 10.0. The Morgan fingerprint density at radius 1 is 1.35 bits per heavy atom. The van der Waals surface area contributed by atoms with Crippen molar-refractivity contribution in [2.75, 3.05) is 13.7 Å². The van der Waals surface area contributed by atoms with E-state index in [0.29, 0.717) is 17.0 Å². The summed E-state index contributed by atoms with van der Waals surface area (Å²) in [6.45, 7) is 7.06. The molecule has 0 aliphatic rings. The number of aromatic nitrogens is 1. The van der Waals surface area contributed by atoms with Crippen LogP contribution in [-0.2, 0) is 4.74 Å². The molecule has 0 fully saturated rings. The molecular weight excluding hydrogens is 330 g/mol. The van der Waals surface area contributed by atoms with Crippen molar-refractivity contribution in [3.8, 4) is 5.88 Å². The number of ether oxygens (including phenoxy) is 2. The summed E-state index contributed by atoms with van der Waals surface area (Å²) in [6, 6.07) is 9.21. The number of nitrogens with zero attached hydrogens (tertiary/aromatic N) is 1. The van der Waals surface area contributed by atoms with Gasteiger partial charge in [0, 0.05) is 12.3 Å². The van der Waals surface area contributed by atoms with Crippen LogP contribution in [0.25, 0.3) is 12.2 Å². The summed E-state index contributed by atoms with van der Waals surface area (Å²) >= 11 is 0. The van der Waals surface area contributed by atoms with Gasteiger partial charge in [-0.2, -0.15) is 0 Å². The second-order valence-electron chi connectivity index (χ2n) is 5.96. The van der Waals surface area contributed by atoms with E-state index in [-0.39, 0.29) is 6.61 Å². The first-order valence-electron chi connectivity index (χ1n) is 8.20. The minimum absolute atomic E-state index is 0.118. The zero-order valence-electron chi connectivity index (χ0n) is 15.2. The summed E-state index contributed by atoms with van der Waals surface area (Å²) in [5.74, 6) is 0.0418. The summed E-state index contributed by atoms with van der Waals surface area (Å²) in [6.07, 6.45) is 4.50. The summed E-state index contributed by atoms with van der Waals surface area (Å²) in [4.78, 5) is 16.6. The molecule has 0 aliphatic carbocycles. The lowest BCUT2D eigenvalue weighted by Gasteiger charge is -2.13. The molecule has 5 nitrogen and oxygen atoms in total. The number of hydrogen-bond donors (Lipinski definition) is 1. The monoisotopic (exact) mass is 353 g/mol. The van der Waals surface area contributed by atoms with Gasteiger partial charge in [-0.15, -0.1) is 0 Å². The Hall–Kier alpha value is -2.92. The molecule has 1 heterocycles. The number of carbonyl (C=O) groups is 1. The SMILES string of the molecule is C=C(C)C(O)COC(=O)c1c(C)cccc1/C=C/c1ccnc(OC)c1. The molecule has 0 bridgehead atoms. The highest BCUT2D eigenvalue weighted by atomic mass is 16.5. The molecule has 2 aromatic rings. The molecule has 1 atom stereocenters. The number of pyridine rings is 1. The maximum Gasteiger partial charge on any atom is 0.339 e. The molecule has 0 amide bonds. The molecule has 1 aromatic heterocycles. The predicted octanol–water partition coefficient (Wildman–Crippen LogP) is 3.66. The standard InChI is InChI=1S/C21H23NO4/c1-14(2)18(23)13-26-21(24)20-15(3)6-5-7-17(20)9-8-16-10-11-22-19(12-16)25-4/h5-12,18,23H,1,13H2,2-4H3/b9-8+. The maximum absolute atomic E-state index is 12.5. The largest absolute Gasteiger partial charge is 0.481 e. The van der Waals surface area contributed by atoms with E-state index in [2.05, 4.69) is 11.6 Å². The number of aryl methyl sites for hydroxylation is 1. The van der Waals surface area contributed by atoms with E-state index in [9.17, 15) is 9.90 Å². The van der Waals surface area contributed by atoms with Gasteiger partial charge < -0.3 is 14.6 Å². The van der Waals surface area contributed by atoms with E-state index in [1.165, 1.54) is 0 Å². The second-order valence-corrected chi connectivity index (χ2v) is 5.96. The third kappa shape index (κ3) is 5.04. The van der Waals surface area contributed by atoms with Gasteiger partial charge in [-0.3, -0.25) is 0 Å². The van der Waals surface area contributed by atoms with Gasteiger partial charge in [0.1, 0.15) is 12.7 Å². The molecule has 136 valence electrons. The number of aliphatic hydroxyl groups excluding tert-OH is 1. The Morgan fingerprint density at radius 3 is 2.81 bits per heavy atom. The summed E-state index contributed by atoms with van der Waals surface area (Å²) in [7, 11) is 1.56. The third-order valence-corrected chi connectivity index (χ3v) is 3.87. The van der Waals surface area contributed by atoms with Crippen LogP contribution in [0.15, 0.2) is 48.7 Å². The lowest BCUT2D eigenvalue weighted by molar-refractivity contribution is 0.0327.